The van der Waals surface area contributed by atoms with Crippen molar-refractivity contribution in [2.24, 2.45) is 7.05 Å². The van der Waals surface area contributed by atoms with Gasteiger partial charge in [0.15, 0.2) is 0 Å². The molecule has 1 aromatic carbocycles. The van der Waals surface area contributed by atoms with Crippen LogP contribution in [0.25, 0.3) is 22.2 Å². The SMILES string of the molecule is Cn1nccc1-c1cc(F)c(Cn2cc(C(=O)N[C@H]3CCCC[C@@H]3O)c3ncccc3c2=O)c(F)c1. The minimum atomic E-state index is -0.819. The molecular weight excluding hydrogens is 468 g/mol. The summed E-state index contributed by atoms with van der Waals surface area (Å²) >= 11 is 0. The highest BCUT2D eigenvalue weighted by Gasteiger charge is 2.26. The highest BCUT2D eigenvalue weighted by atomic mass is 19.1. The summed E-state index contributed by atoms with van der Waals surface area (Å²) in [5.74, 6) is -2.15. The van der Waals surface area contributed by atoms with Crippen LogP contribution < -0.4 is 10.9 Å². The summed E-state index contributed by atoms with van der Waals surface area (Å²) in [7, 11) is 1.67. The fourth-order valence-electron chi connectivity index (χ4n) is 4.76. The highest BCUT2D eigenvalue weighted by molar-refractivity contribution is 6.05. The van der Waals surface area contributed by atoms with Gasteiger partial charge < -0.3 is 15.0 Å². The van der Waals surface area contributed by atoms with E-state index in [1.807, 2.05) is 0 Å². The van der Waals surface area contributed by atoms with Gasteiger partial charge in [-0.05, 0) is 43.2 Å². The first-order chi connectivity index (χ1) is 17.3. The number of aromatic nitrogens is 4. The van der Waals surface area contributed by atoms with Crippen molar-refractivity contribution in [3.63, 3.8) is 0 Å². The lowest BCUT2D eigenvalue weighted by Crippen LogP contribution is -2.45. The Balaban J connectivity index is 1.53. The van der Waals surface area contributed by atoms with E-state index in [4.69, 9.17) is 0 Å². The lowest BCUT2D eigenvalue weighted by molar-refractivity contribution is 0.0718. The lowest BCUT2D eigenvalue weighted by Gasteiger charge is -2.28. The number of nitrogens with one attached hydrogen (secondary N) is 1. The van der Waals surface area contributed by atoms with Crippen LogP contribution in [0, 0.1) is 11.6 Å². The standard InChI is InChI=1S/C26H25F2N5O3/c1-32-22(8-10-30-32)15-11-19(27)17(20(28)12-15)13-33-14-18(24-16(26(33)36)5-4-9-29-24)25(35)31-21-6-2-3-7-23(21)34/h4-5,8-12,14,21,23,34H,2-3,6-7,13H2,1H3,(H,31,35)/t21-,23-/m0/s1. The Kier molecular flexibility index (Phi) is 6.36. The molecule has 1 fully saturated rings. The molecule has 10 heteroatoms. The van der Waals surface area contributed by atoms with Gasteiger partial charge in [0.1, 0.15) is 11.6 Å². The van der Waals surface area contributed by atoms with Gasteiger partial charge in [0, 0.05) is 36.8 Å². The fourth-order valence-corrected chi connectivity index (χ4v) is 4.76. The van der Waals surface area contributed by atoms with Gasteiger partial charge in [0.05, 0.1) is 40.9 Å². The minimum absolute atomic E-state index is 0.0929. The molecule has 5 rings (SSSR count). The number of pyridine rings is 2. The summed E-state index contributed by atoms with van der Waals surface area (Å²) in [5.41, 5.74) is 0.304. The van der Waals surface area contributed by atoms with Crippen LogP contribution in [-0.4, -0.2) is 42.5 Å². The van der Waals surface area contributed by atoms with Crippen LogP contribution in [0.15, 0.2) is 53.7 Å². The molecule has 3 heterocycles. The van der Waals surface area contributed by atoms with Crippen molar-refractivity contribution in [1.29, 1.82) is 0 Å². The molecule has 4 aromatic rings. The van der Waals surface area contributed by atoms with Gasteiger partial charge in [-0.15, -0.1) is 0 Å². The number of rotatable bonds is 5. The maximum atomic E-state index is 15.1. The summed E-state index contributed by atoms with van der Waals surface area (Å²) in [4.78, 5) is 30.6. The van der Waals surface area contributed by atoms with Crippen molar-refractivity contribution in [3.8, 4) is 11.3 Å². The molecule has 3 aromatic heterocycles. The summed E-state index contributed by atoms with van der Waals surface area (Å²) < 4.78 is 32.8. The van der Waals surface area contributed by atoms with Crippen LogP contribution in [0.2, 0.25) is 0 Å². The smallest absolute Gasteiger partial charge is 0.260 e. The second-order valence-corrected chi connectivity index (χ2v) is 9.07. The Labute approximate surface area is 205 Å². The molecular formula is C26H25F2N5O3. The molecule has 0 radical (unpaired) electrons. The van der Waals surface area contributed by atoms with E-state index in [0.717, 1.165) is 17.4 Å². The van der Waals surface area contributed by atoms with E-state index in [9.17, 15) is 14.7 Å². The van der Waals surface area contributed by atoms with E-state index >= 15 is 8.78 Å². The maximum absolute atomic E-state index is 15.1. The third kappa shape index (κ3) is 4.39. The van der Waals surface area contributed by atoms with Crippen LogP contribution >= 0.6 is 0 Å². The van der Waals surface area contributed by atoms with E-state index in [1.165, 1.54) is 41.5 Å². The second kappa shape index (κ2) is 9.62. The Morgan fingerprint density at radius 2 is 1.92 bits per heavy atom. The largest absolute Gasteiger partial charge is 0.391 e. The summed E-state index contributed by atoms with van der Waals surface area (Å²) in [6, 6.07) is 6.70. The number of hydrogen-bond acceptors (Lipinski definition) is 5. The zero-order valence-corrected chi connectivity index (χ0v) is 19.6. The van der Waals surface area contributed by atoms with Crippen LogP contribution in [0.1, 0.15) is 41.6 Å². The number of halogens is 2. The Morgan fingerprint density at radius 1 is 1.17 bits per heavy atom. The number of benzene rings is 1. The van der Waals surface area contributed by atoms with Gasteiger partial charge in [-0.2, -0.15) is 5.10 Å². The van der Waals surface area contributed by atoms with E-state index < -0.39 is 41.8 Å². The van der Waals surface area contributed by atoms with Gasteiger partial charge in [-0.3, -0.25) is 19.3 Å². The van der Waals surface area contributed by atoms with Crippen molar-refractivity contribution in [1.82, 2.24) is 24.6 Å². The molecule has 2 N–H and O–H groups in total. The summed E-state index contributed by atoms with van der Waals surface area (Å²) in [6.07, 6.45) is 6.61. The number of nitrogens with zero attached hydrogens (tertiary/aromatic N) is 4. The topological polar surface area (TPSA) is 102 Å². The van der Waals surface area contributed by atoms with Gasteiger partial charge in [0.25, 0.3) is 11.5 Å². The fraction of sp³-hybridized carbons (Fsp3) is 0.308. The third-order valence-corrected chi connectivity index (χ3v) is 6.72. The van der Waals surface area contributed by atoms with Crippen LogP contribution in [-0.2, 0) is 13.6 Å². The number of aryl methyl sites for hydroxylation is 1. The van der Waals surface area contributed by atoms with E-state index in [2.05, 4.69) is 15.4 Å². The van der Waals surface area contributed by atoms with Gasteiger partial charge in [-0.1, -0.05) is 12.8 Å². The summed E-state index contributed by atoms with van der Waals surface area (Å²) in [6.45, 7) is -0.417. The molecule has 0 unspecified atom stereocenters. The first kappa shape index (κ1) is 23.8. The molecule has 0 bridgehead atoms. The van der Waals surface area contributed by atoms with Gasteiger partial charge >= 0.3 is 0 Å². The zero-order valence-electron chi connectivity index (χ0n) is 19.6. The van der Waals surface area contributed by atoms with Crippen LogP contribution in [0.4, 0.5) is 8.78 Å². The predicted octanol–water partition coefficient (Wildman–Crippen LogP) is 3.16. The first-order valence-electron chi connectivity index (χ1n) is 11.8. The lowest BCUT2D eigenvalue weighted by atomic mass is 9.92. The molecule has 1 amide bonds. The number of aliphatic hydroxyl groups is 1. The maximum Gasteiger partial charge on any atom is 0.260 e. The number of hydrogen-bond donors (Lipinski definition) is 2. The van der Waals surface area contributed by atoms with E-state index in [-0.39, 0.29) is 22.0 Å². The highest BCUT2D eigenvalue weighted by Crippen LogP contribution is 2.25. The molecule has 186 valence electrons. The Morgan fingerprint density at radius 3 is 2.61 bits per heavy atom. The molecule has 1 aliphatic rings. The average Bonchev–Trinajstić information content (AvgIpc) is 3.30. The number of carbonyl (C=O) groups is 1. The minimum Gasteiger partial charge on any atom is -0.391 e. The second-order valence-electron chi connectivity index (χ2n) is 9.07. The predicted molar refractivity (Wildman–Crippen MR) is 129 cm³/mol. The first-order valence-corrected chi connectivity index (χ1v) is 11.8. The van der Waals surface area contributed by atoms with Gasteiger partial charge in [0.2, 0.25) is 0 Å². The number of amides is 1. The van der Waals surface area contributed by atoms with Crippen molar-refractivity contribution in [2.45, 2.75) is 44.4 Å². The van der Waals surface area contributed by atoms with E-state index in [0.29, 0.717) is 24.1 Å². The number of carbonyl (C=O) groups excluding carboxylic acids is 1. The van der Waals surface area contributed by atoms with Crippen LogP contribution in [0.5, 0.6) is 0 Å². The number of fused-ring (bicyclic) bond motifs is 1. The van der Waals surface area contributed by atoms with Crippen molar-refractivity contribution in [2.75, 3.05) is 0 Å². The number of aliphatic hydroxyl groups excluding tert-OH is 1. The average molecular weight is 494 g/mol. The van der Waals surface area contributed by atoms with Gasteiger partial charge in [-0.25, -0.2) is 8.78 Å². The normalized spacial score (nSPS) is 17.9. The summed E-state index contributed by atoms with van der Waals surface area (Å²) in [5, 5.41) is 17.3. The van der Waals surface area contributed by atoms with Crippen LogP contribution in [0.3, 0.4) is 0 Å². The Hall–Kier alpha value is -3.92. The monoisotopic (exact) mass is 493 g/mol. The molecule has 0 spiro atoms. The van der Waals surface area contributed by atoms with Crippen molar-refractivity contribution in [3.05, 3.63) is 82.0 Å². The molecule has 8 nitrogen and oxygen atoms in total. The molecule has 1 saturated carbocycles. The molecule has 36 heavy (non-hydrogen) atoms. The van der Waals surface area contributed by atoms with Crippen molar-refractivity contribution >= 4 is 16.8 Å². The molecule has 0 saturated heterocycles. The molecule has 2 atom stereocenters. The van der Waals surface area contributed by atoms with Crippen molar-refractivity contribution < 1.29 is 18.7 Å². The molecule has 0 aliphatic heterocycles. The zero-order chi connectivity index (χ0) is 25.4. The van der Waals surface area contributed by atoms with E-state index in [1.54, 1.807) is 19.2 Å². The third-order valence-electron chi connectivity index (χ3n) is 6.72. The quantitative estimate of drug-likeness (QED) is 0.445. The Bertz CT molecular complexity index is 1490. The molecule has 1 aliphatic carbocycles.